The van der Waals surface area contributed by atoms with Crippen LogP contribution in [0.1, 0.15) is 114 Å². The summed E-state index contributed by atoms with van der Waals surface area (Å²) in [5.41, 5.74) is 3.09. The lowest BCUT2D eigenvalue weighted by atomic mass is 9.76. The molecule has 2 aromatic carbocycles. The summed E-state index contributed by atoms with van der Waals surface area (Å²) in [5.74, 6) is 1.80. The maximum absolute atomic E-state index is 2.48. The Kier molecular flexibility index (Phi) is 8.90. The summed E-state index contributed by atoms with van der Waals surface area (Å²) in [5, 5.41) is 2.86. The van der Waals surface area contributed by atoms with Gasteiger partial charge in [-0.1, -0.05) is 102 Å². The molecular weight excluding hydrogens is 336 g/mol. The molecule has 154 valence electrons. The molecule has 0 amide bonds. The SMILES string of the molecule is CCCCCCCC[C@H]1CC[C@H](c2ccc3cc(CCCC)ccc3c2)CC1. The van der Waals surface area contributed by atoms with Crippen LogP contribution in [0, 0.1) is 5.92 Å². The molecule has 0 aromatic heterocycles. The van der Waals surface area contributed by atoms with E-state index in [1.165, 1.54) is 106 Å². The van der Waals surface area contributed by atoms with Gasteiger partial charge in [0.25, 0.3) is 0 Å². The Balaban J connectivity index is 1.46. The van der Waals surface area contributed by atoms with Gasteiger partial charge in [0.05, 0.1) is 0 Å². The number of hydrogen-bond acceptors (Lipinski definition) is 0. The molecule has 1 saturated carbocycles. The van der Waals surface area contributed by atoms with E-state index in [0.717, 1.165) is 11.8 Å². The Morgan fingerprint density at radius 2 is 1.36 bits per heavy atom. The third-order valence-corrected chi connectivity index (χ3v) is 7.03. The quantitative estimate of drug-likeness (QED) is 0.342. The highest BCUT2D eigenvalue weighted by Crippen LogP contribution is 2.38. The second kappa shape index (κ2) is 11.6. The fourth-order valence-electron chi connectivity index (χ4n) is 5.10. The molecule has 0 radical (unpaired) electrons. The van der Waals surface area contributed by atoms with Crippen molar-refractivity contribution < 1.29 is 0 Å². The highest BCUT2D eigenvalue weighted by molar-refractivity contribution is 5.84. The molecule has 0 aliphatic heterocycles. The van der Waals surface area contributed by atoms with Crippen molar-refractivity contribution in [2.75, 3.05) is 0 Å². The average molecular weight is 379 g/mol. The lowest BCUT2D eigenvalue weighted by Crippen LogP contribution is -2.13. The zero-order chi connectivity index (χ0) is 19.6. The molecule has 1 aliphatic rings. The molecule has 0 heterocycles. The van der Waals surface area contributed by atoms with E-state index in [1.54, 1.807) is 5.56 Å². The third-order valence-electron chi connectivity index (χ3n) is 7.03. The zero-order valence-electron chi connectivity index (χ0n) is 18.5. The fraction of sp³-hybridized carbons (Fsp3) is 0.643. The van der Waals surface area contributed by atoms with Gasteiger partial charge in [-0.3, -0.25) is 0 Å². The van der Waals surface area contributed by atoms with Crippen molar-refractivity contribution in [3.05, 3.63) is 47.5 Å². The molecule has 0 saturated heterocycles. The molecular formula is C28H42. The summed E-state index contributed by atoms with van der Waals surface area (Å²) >= 11 is 0. The maximum Gasteiger partial charge on any atom is -0.0162 e. The molecule has 0 bridgehead atoms. The van der Waals surface area contributed by atoms with E-state index in [1.807, 2.05) is 0 Å². The summed E-state index contributed by atoms with van der Waals surface area (Å²) in [6, 6.07) is 14.4. The summed E-state index contributed by atoms with van der Waals surface area (Å²) < 4.78 is 0. The average Bonchev–Trinajstić information content (AvgIpc) is 2.74. The Labute approximate surface area is 174 Å². The van der Waals surface area contributed by atoms with Gasteiger partial charge >= 0.3 is 0 Å². The van der Waals surface area contributed by atoms with E-state index in [0.29, 0.717) is 0 Å². The van der Waals surface area contributed by atoms with Crippen molar-refractivity contribution in [1.29, 1.82) is 0 Å². The number of fused-ring (bicyclic) bond motifs is 1. The number of benzene rings is 2. The standard InChI is InChI=1S/C28H42/c1-3-5-7-8-9-10-12-23-13-16-25(17-14-23)27-20-19-26-21-24(11-6-4-2)15-18-28(26)22-27/h15,18-23,25H,3-14,16-17H2,1-2H3/t23-,25-. The van der Waals surface area contributed by atoms with E-state index < -0.39 is 0 Å². The van der Waals surface area contributed by atoms with Crippen LogP contribution in [0.4, 0.5) is 0 Å². The predicted octanol–water partition coefficient (Wildman–Crippen LogP) is 9.21. The Morgan fingerprint density at radius 1 is 0.679 bits per heavy atom. The predicted molar refractivity (Wildman–Crippen MR) is 125 cm³/mol. The van der Waals surface area contributed by atoms with E-state index in [4.69, 9.17) is 0 Å². The molecule has 0 atom stereocenters. The molecule has 0 heteroatoms. The van der Waals surface area contributed by atoms with E-state index in [2.05, 4.69) is 50.2 Å². The summed E-state index contributed by atoms with van der Waals surface area (Å²) in [7, 11) is 0. The Bertz CT molecular complexity index is 690. The number of aryl methyl sites for hydroxylation is 1. The van der Waals surface area contributed by atoms with Crippen LogP contribution in [0.15, 0.2) is 36.4 Å². The molecule has 0 unspecified atom stereocenters. The smallest absolute Gasteiger partial charge is 0.0162 e. The monoisotopic (exact) mass is 378 g/mol. The van der Waals surface area contributed by atoms with Gasteiger partial charge in [-0.15, -0.1) is 0 Å². The topological polar surface area (TPSA) is 0 Å². The second-order valence-electron chi connectivity index (χ2n) is 9.32. The van der Waals surface area contributed by atoms with Gasteiger partial charge in [-0.2, -0.15) is 0 Å². The molecule has 1 fully saturated rings. The maximum atomic E-state index is 2.48. The molecule has 2 aromatic rings. The minimum absolute atomic E-state index is 0.796. The van der Waals surface area contributed by atoms with Gasteiger partial charge in [0, 0.05) is 0 Å². The highest BCUT2D eigenvalue weighted by Gasteiger charge is 2.22. The molecule has 0 spiro atoms. The number of hydrogen-bond donors (Lipinski definition) is 0. The van der Waals surface area contributed by atoms with Crippen LogP contribution >= 0.6 is 0 Å². The Hall–Kier alpha value is -1.30. The van der Waals surface area contributed by atoms with Gasteiger partial charge in [0.15, 0.2) is 0 Å². The van der Waals surface area contributed by atoms with Crippen LogP contribution in [0.5, 0.6) is 0 Å². The van der Waals surface area contributed by atoms with Crippen molar-refractivity contribution in [1.82, 2.24) is 0 Å². The third kappa shape index (κ3) is 6.36. The molecule has 3 rings (SSSR count). The zero-order valence-corrected chi connectivity index (χ0v) is 18.5. The lowest BCUT2D eigenvalue weighted by Gasteiger charge is -2.29. The van der Waals surface area contributed by atoms with Gasteiger partial charge in [-0.25, -0.2) is 0 Å². The van der Waals surface area contributed by atoms with Crippen molar-refractivity contribution in [2.45, 2.75) is 110 Å². The molecule has 1 aliphatic carbocycles. The molecule has 0 nitrogen and oxygen atoms in total. The largest absolute Gasteiger partial charge is 0.0654 e. The van der Waals surface area contributed by atoms with Crippen molar-refractivity contribution in [3.8, 4) is 0 Å². The van der Waals surface area contributed by atoms with Gasteiger partial charge in [-0.05, 0) is 72.3 Å². The van der Waals surface area contributed by atoms with Crippen LogP contribution in [0.3, 0.4) is 0 Å². The van der Waals surface area contributed by atoms with Gasteiger partial charge in [0.1, 0.15) is 0 Å². The Morgan fingerprint density at radius 3 is 2.14 bits per heavy atom. The first-order valence-electron chi connectivity index (χ1n) is 12.3. The first-order chi connectivity index (χ1) is 13.8. The lowest BCUT2D eigenvalue weighted by molar-refractivity contribution is 0.302. The summed E-state index contributed by atoms with van der Waals surface area (Å²) in [6.07, 6.45) is 19.6. The van der Waals surface area contributed by atoms with Crippen LogP contribution in [0.2, 0.25) is 0 Å². The summed E-state index contributed by atoms with van der Waals surface area (Å²) in [4.78, 5) is 0. The fourth-order valence-corrected chi connectivity index (χ4v) is 5.10. The van der Waals surface area contributed by atoms with Crippen LogP contribution < -0.4 is 0 Å². The second-order valence-corrected chi connectivity index (χ2v) is 9.32. The first-order valence-corrected chi connectivity index (χ1v) is 12.3. The van der Waals surface area contributed by atoms with Crippen molar-refractivity contribution in [3.63, 3.8) is 0 Å². The van der Waals surface area contributed by atoms with Crippen LogP contribution in [0.25, 0.3) is 10.8 Å². The molecule has 28 heavy (non-hydrogen) atoms. The van der Waals surface area contributed by atoms with E-state index >= 15 is 0 Å². The summed E-state index contributed by atoms with van der Waals surface area (Å²) in [6.45, 7) is 4.58. The normalized spacial score (nSPS) is 19.9. The number of unbranched alkanes of at least 4 members (excludes halogenated alkanes) is 6. The number of rotatable bonds is 11. The molecule has 0 N–H and O–H groups in total. The first kappa shape index (κ1) is 21.4. The minimum Gasteiger partial charge on any atom is -0.0654 e. The highest BCUT2D eigenvalue weighted by atomic mass is 14.3. The van der Waals surface area contributed by atoms with Crippen molar-refractivity contribution in [2.24, 2.45) is 5.92 Å². The van der Waals surface area contributed by atoms with E-state index in [9.17, 15) is 0 Å². The van der Waals surface area contributed by atoms with Gasteiger partial charge in [0.2, 0.25) is 0 Å². The van der Waals surface area contributed by atoms with Crippen LogP contribution in [-0.2, 0) is 6.42 Å². The van der Waals surface area contributed by atoms with Crippen LogP contribution in [-0.4, -0.2) is 0 Å². The van der Waals surface area contributed by atoms with Crippen molar-refractivity contribution >= 4 is 10.8 Å². The van der Waals surface area contributed by atoms with Gasteiger partial charge < -0.3 is 0 Å². The minimum atomic E-state index is 0.796. The van der Waals surface area contributed by atoms with E-state index in [-0.39, 0.29) is 0 Å².